The van der Waals surface area contributed by atoms with E-state index in [1.807, 2.05) is 58.1 Å². The number of carbonyl (C=O) groups excluding carboxylic acids is 5. The molecule has 78 heavy (non-hydrogen) atoms. The van der Waals surface area contributed by atoms with Crippen LogP contribution in [-0.4, -0.2) is 171 Å². The average Bonchev–Trinajstić information content (AvgIpc) is 3.44. The number of ketones is 3. The Balaban J connectivity index is 1.23. The van der Waals surface area contributed by atoms with Crippen LogP contribution in [0.2, 0.25) is 0 Å². The summed E-state index contributed by atoms with van der Waals surface area (Å²) in [6, 6.07) is -1.14. The Morgan fingerprint density at radius 1 is 0.808 bits per heavy atom. The van der Waals surface area contributed by atoms with Crippen molar-refractivity contribution in [3.63, 3.8) is 0 Å². The molecule has 6 aliphatic rings. The van der Waals surface area contributed by atoms with Crippen molar-refractivity contribution in [3.8, 4) is 0 Å². The maximum Gasteiger partial charge on any atom is 0.329 e. The number of allylic oxidation sites excluding steroid dienone is 6. The van der Waals surface area contributed by atoms with E-state index in [0.29, 0.717) is 62.7 Å². The van der Waals surface area contributed by atoms with Crippen LogP contribution in [0.5, 0.6) is 0 Å². The van der Waals surface area contributed by atoms with Crippen LogP contribution in [0.25, 0.3) is 0 Å². The van der Waals surface area contributed by atoms with E-state index >= 15 is 0 Å². The predicted octanol–water partition coefficient (Wildman–Crippen LogP) is 8.10. The first-order chi connectivity index (χ1) is 37.2. The second kappa shape index (κ2) is 30.0. The number of hydrogen-bond acceptors (Lipinski definition) is 15. The third kappa shape index (κ3) is 16.8. The molecule has 0 aromatic carbocycles. The fraction of sp³-hybridized carbons (Fsp3) is 0.790. The molecule has 2 saturated carbocycles. The van der Waals surface area contributed by atoms with Crippen LogP contribution in [0.4, 0.5) is 0 Å². The minimum atomic E-state index is -2.45. The van der Waals surface area contributed by atoms with Crippen LogP contribution in [0.15, 0.2) is 47.6 Å². The van der Waals surface area contributed by atoms with E-state index in [9.17, 15) is 34.2 Å². The lowest BCUT2D eigenvalue weighted by molar-refractivity contribution is -0.266. The summed E-state index contributed by atoms with van der Waals surface area (Å²) in [4.78, 5) is 75.7. The molecule has 1 amide bonds. The Kier molecular flexibility index (Phi) is 24.5. The van der Waals surface area contributed by atoms with Crippen LogP contribution < -0.4 is 0 Å². The third-order valence-corrected chi connectivity index (χ3v) is 18.3. The molecular weight excluding hydrogens is 997 g/mol. The highest BCUT2D eigenvalue weighted by molar-refractivity contribution is 6.39. The topological polar surface area (TPSA) is 197 Å². The zero-order chi connectivity index (χ0) is 56.7. The van der Waals surface area contributed by atoms with E-state index < -0.39 is 77.8 Å². The number of fused-ring (bicyclic) bond motifs is 3. The lowest BCUT2D eigenvalue weighted by Crippen LogP contribution is -2.61. The molecule has 2 unspecified atom stereocenters. The number of esters is 1. The fourth-order valence-electron chi connectivity index (χ4n) is 13.1. The number of Topliss-reactive ketones (excluding diaryl/α,β-unsaturated/α-hetero) is 3. The van der Waals surface area contributed by atoms with Gasteiger partial charge in [-0.2, -0.15) is 0 Å². The predicted molar refractivity (Wildman–Crippen MR) is 297 cm³/mol. The van der Waals surface area contributed by atoms with Crippen LogP contribution in [0.1, 0.15) is 151 Å². The van der Waals surface area contributed by atoms with E-state index in [1.165, 1.54) is 44.4 Å². The van der Waals surface area contributed by atoms with Crippen molar-refractivity contribution in [2.45, 2.75) is 206 Å². The lowest BCUT2D eigenvalue weighted by atomic mass is 9.63. The van der Waals surface area contributed by atoms with E-state index in [4.69, 9.17) is 33.2 Å². The van der Waals surface area contributed by atoms with E-state index in [1.54, 1.807) is 41.1 Å². The number of aliphatic hydroxyl groups is 2. The van der Waals surface area contributed by atoms with Gasteiger partial charge >= 0.3 is 5.97 Å². The molecule has 15 atom stereocenters. The number of rotatable bonds is 14. The van der Waals surface area contributed by atoms with Crippen molar-refractivity contribution >= 4 is 29.2 Å². The fourth-order valence-corrected chi connectivity index (χ4v) is 13.1. The Labute approximate surface area is 466 Å². The Morgan fingerprint density at radius 3 is 2.26 bits per heavy atom. The molecule has 16 nitrogen and oxygen atoms in total. The van der Waals surface area contributed by atoms with Crippen LogP contribution in [0, 0.1) is 40.9 Å². The molecule has 4 aliphatic heterocycles. The van der Waals surface area contributed by atoms with Crippen LogP contribution in [0.3, 0.4) is 0 Å². The molecule has 0 aromatic heterocycles. The first-order valence-corrected chi connectivity index (χ1v) is 29.6. The summed E-state index contributed by atoms with van der Waals surface area (Å²) in [5.74, 6) is -7.84. The van der Waals surface area contributed by atoms with Crippen molar-refractivity contribution in [2.24, 2.45) is 40.9 Å². The molecule has 2 aliphatic carbocycles. The summed E-state index contributed by atoms with van der Waals surface area (Å²) in [6.45, 7) is 17.7. The van der Waals surface area contributed by atoms with Gasteiger partial charge in [-0.25, -0.2) is 4.79 Å². The molecule has 1 spiro atoms. The van der Waals surface area contributed by atoms with Crippen molar-refractivity contribution < 1.29 is 67.3 Å². The Bertz CT molecular complexity index is 2110. The highest BCUT2D eigenvalue weighted by Gasteiger charge is 2.53. The zero-order valence-corrected chi connectivity index (χ0v) is 49.0. The minimum Gasteiger partial charge on any atom is -0.460 e. The lowest BCUT2D eigenvalue weighted by Gasteiger charge is -2.56. The number of piperidine rings is 1. The number of cyclic esters (lactones) is 1. The number of hydrogen-bond donors (Lipinski definition) is 2. The smallest absolute Gasteiger partial charge is 0.329 e. The van der Waals surface area contributed by atoms with Crippen molar-refractivity contribution in [1.82, 2.24) is 9.80 Å². The molecule has 16 heteroatoms. The summed E-state index contributed by atoms with van der Waals surface area (Å²) in [5.41, 5.74) is 1.87. The normalized spacial score (nSPS) is 37.1. The van der Waals surface area contributed by atoms with Gasteiger partial charge in [-0.05, 0) is 132 Å². The second-order valence-electron chi connectivity index (χ2n) is 24.5. The summed E-state index contributed by atoms with van der Waals surface area (Å²) in [5, 5.41) is 23.8. The van der Waals surface area contributed by atoms with Gasteiger partial charge in [0.2, 0.25) is 5.79 Å². The number of ether oxygens (including phenoxy) is 7. The Morgan fingerprint density at radius 2 is 1.56 bits per heavy atom. The molecule has 440 valence electrons. The highest BCUT2D eigenvalue weighted by Crippen LogP contribution is 2.48. The van der Waals surface area contributed by atoms with Gasteiger partial charge in [0.15, 0.2) is 5.78 Å². The van der Waals surface area contributed by atoms with Gasteiger partial charge in [0.25, 0.3) is 11.7 Å². The number of nitrogens with zero attached hydrogens (tertiary/aromatic N) is 2. The van der Waals surface area contributed by atoms with Crippen molar-refractivity contribution in [3.05, 3.63) is 47.6 Å². The van der Waals surface area contributed by atoms with Crippen molar-refractivity contribution in [1.29, 1.82) is 0 Å². The van der Waals surface area contributed by atoms with Crippen LogP contribution in [-0.2, 0) is 57.1 Å². The van der Waals surface area contributed by atoms with Gasteiger partial charge in [-0.15, -0.1) is 0 Å². The van der Waals surface area contributed by atoms with Gasteiger partial charge in [-0.1, -0.05) is 77.5 Å². The van der Waals surface area contributed by atoms with Gasteiger partial charge in [0, 0.05) is 84.7 Å². The number of likely N-dealkylation sites (tertiary alicyclic amines) is 1. The summed E-state index contributed by atoms with van der Waals surface area (Å²) < 4.78 is 42.4. The molecule has 3 saturated heterocycles. The maximum absolute atomic E-state index is 14.7. The molecule has 0 aromatic rings. The van der Waals surface area contributed by atoms with E-state index in [2.05, 4.69) is 4.90 Å². The molecule has 5 fully saturated rings. The van der Waals surface area contributed by atoms with Gasteiger partial charge in [0.05, 0.1) is 37.6 Å². The molecule has 2 N–H and O–H groups in total. The van der Waals surface area contributed by atoms with E-state index in [-0.39, 0.29) is 73.9 Å². The van der Waals surface area contributed by atoms with Crippen LogP contribution >= 0.6 is 0 Å². The van der Waals surface area contributed by atoms with E-state index in [0.717, 1.165) is 37.8 Å². The molecule has 0 radical (unpaired) electrons. The highest BCUT2D eigenvalue weighted by atomic mass is 16.6. The SMILES string of the molecule is COCCOC1C[C@@H]2CC[C@@H](C)[C@@](O)(O2)C(=O)C(=O)N2CCCCC2C(=O)O[C@H]([C@H](C)C[C@@H]2CC[C@@H](OCCCN3CC4(CCC4)C3)[C@H](OC)C2)CC(=O)[C@H](C)/C=C(\C)[C@@H](O)[C@@H](OC)C(=O)[C@H](C)C[C@H](C)/C=C/C=CC=C1C. The first-order valence-electron chi connectivity index (χ1n) is 29.6. The molecule has 4 heterocycles. The number of carbonyl (C=O) groups is 5. The summed E-state index contributed by atoms with van der Waals surface area (Å²) >= 11 is 0. The summed E-state index contributed by atoms with van der Waals surface area (Å²) in [6.07, 6.45) is 17.7. The minimum absolute atomic E-state index is 0.00730. The average molecular weight is 1100 g/mol. The summed E-state index contributed by atoms with van der Waals surface area (Å²) in [7, 11) is 4.71. The number of aliphatic hydroxyl groups excluding tert-OH is 1. The number of amides is 1. The quantitative estimate of drug-likeness (QED) is 0.0732. The second-order valence-corrected chi connectivity index (χ2v) is 24.5. The number of methoxy groups -OCH3 is 3. The molecule has 6 rings (SSSR count). The molecular formula is C62H98N2O14. The molecule has 2 bridgehead atoms. The first kappa shape index (κ1) is 63.7. The third-order valence-electron chi connectivity index (χ3n) is 18.3. The van der Waals surface area contributed by atoms with Gasteiger partial charge < -0.3 is 53.2 Å². The van der Waals surface area contributed by atoms with Crippen molar-refractivity contribution in [2.75, 3.05) is 67.3 Å². The van der Waals surface area contributed by atoms with Gasteiger partial charge in [-0.3, -0.25) is 19.2 Å². The Hall–Kier alpha value is -3.45. The zero-order valence-electron chi connectivity index (χ0n) is 49.0. The van der Waals surface area contributed by atoms with Gasteiger partial charge in [0.1, 0.15) is 30.1 Å². The largest absolute Gasteiger partial charge is 0.460 e. The maximum atomic E-state index is 14.7. The monoisotopic (exact) mass is 1090 g/mol. The standard InChI is InChI=1S/C62H98N2O14/c1-40-18-12-11-13-19-41(2)52(76-31-30-72-8)36-48-23-21-46(7)62(71,78-48)58(68)59(69)64-28-15-14-20-49(64)60(70)77-53(37-50(65)42(3)33-45(6)56(67)57(74-10)55(66)44(5)32-40)43(4)34-47-22-24-51(54(35-47)73-9)75-29-17-27-63-38-61(39-63)25-16-26-61/h11-13,18-19,33,40,42-44,46-49,51-54,56-57,67,71H,14-17,20-32,34-39H2,1-10H3/b13-11?,18-12+,41-19?,45-33+/t40-,42-,43-,44-,46-,47+,48+,49?,51-,52?,53+,54-,56-,57+,62-/m1/s1.